The van der Waals surface area contributed by atoms with Crippen LogP contribution in [-0.4, -0.2) is 34.5 Å². The molecule has 1 heterocycles. The molecule has 1 aromatic carbocycles. The number of hydrogen-bond donors (Lipinski definition) is 2. The molecule has 116 valence electrons. The van der Waals surface area contributed by atoms with Gasteiger partial charge in [-0.3, -0.25) is 0 Å². The van der Waals surface area contributed by atoms with Gasteiger partial charge in [-0.05, 0) is 46.2 Å². The number of aliphatic hydroxyl groups is 2. The number of fused-ring (bicyclic) bond motifs is 1. The van der Waals surface area contributed by atoms with Gasteiger partial charge in [0.05, 0.1) is 18.7 Å². The van der Waals surface area contributed by atoms with E-state index in [4.69, 9.17) is 4.74 Å². The zero-order valence-corrected chi connectivity index (χ0v) is 15.5. The SMILES string of the molecule is O=C([O-])C1=C[C@@H](O)[C@@H](O)[C@H](OCc2ccc3sccc3c2)C1.[Na+]. The summed E-state index contributed by atoms with van der Waals surface area (Å²) in [7, 11) is 0. The Hall–Kier alpha value is -0.730. The van der Waals surface area contributed by atoms with Crippen LogP contribution >= 0.6 is 11.3 Å². The molecular weight excluding hydrogens is 327 g/mol. The Balaban J connectivity index is 0.00000192. The molecule has 3 atom stereocenters. The molecule has 0 fully saturated rings. The van der Waals surface area contributed by atoms with Gasteiger partial charge in [0.2, 0.25) is 0 Å². The van der Waals surface area contributed by atoms with Crippen LogP contribution in [0.5, 0.6) is 0 Å². The molecule has 2 N–H and O–H groups in total. The largest absolute Gasteiger partial charge is 1.00 e. The first-order valence-corrected chi connectivity index (χ1v) is 7.78. The molecule has 2 aromatic rings. The van der Waals surface area contributed by atoms with Crippen LogP contribution in [0.25, 0.3) is 10.1 Å². The molecule has 5 nitrogen and oxygen atoms in total. The third-order valence-electron chi connectivity index (χ3n) is 3.77. The molecule has 0 saturated carbocycles. The predicted octanol–water partition coefficient (Wildman–Crippen LogP) is -2.41. The van der Waals surface area contributed by atoms with Crippen molar-refractivity contribution in [1.29, 1.82) is 0 Å². The average molecular weight is 342 g/mol. The van der Waals surface area contributed by atoms with E-state index in [0.717, 1.165) is 17.0 Å². The third-order valence-corrected chi connectivity index (χ3v) is 4.66. The van der Waals surface area contributed by atoms with Gasteiger partial charge >= 0.3 is 29.6 Å². The Labute approximate surface area is 159 Å². The molecular formula is C16H15NaO5S. The number of aliphatic hydroxyl groups excluding tert-OH is 2. The fourth-order valence-corrected chi connectivity index (χ4v) is 3.32. The first kappa shape index (κ1) is 18.6. The summed E-state index contributed by atoms with van der Waals surface area (Å²) in [6, 6.07) is 7.93. The number of rotatable bonds is 4. The number of aliphatic carboxylic acids is 1. The van der Waals surface area contributed by atoms with Crippen LogP contribution in [0, 0.1) is 0 Å². The Morgan fingerprint density at radius 3 is 2.87 bits per heavy atom. The van der Waals surface area contributed by atoms with Crippen molar-refractivity contribution in [2.45, 2.75) is 31.3 Å². The molecule has 0 saturated heterocycles. The first-order valence-electron chi connectivity index (χ1n) is 6.90. The summed E-state index contributed by atoms with van der Waals surface area (Å²) in [5.74, 6) is -1.35. The molecule has 3 rings (SSSR count). The molecule has 1 aromatic heterocycles. The molecule has 0 radical (unpaired) electrons. The van der Waals surface area contributed by atoms with Crippen molar-refractivity contribution >= 4 is 27.4 Å². The van der Waals surface area contributed by atoms with Gasteiger partial charge in [0, 0.05) is 11.1 Å². The fourth-order valence-electron chi connectivity index (χ4n) is 2.55. The number of thiophene rings is 1. The van der Waals surface area contributed by atoms with Crippen LogP contribution < -0.4 is 34.7 Å². The zero-order valence-electron chi connectivity index (χ0n) is 12.6. The van der Waals surface area contributed by atoms with Crippen molar-refractivity contribution in [2.24, 2.45) is 0 Å². The smallest absolute Gasteiger partial charge is 0.545 e. The summed E-state index contributed by atoms with van der Waals surface area (Å²) in [4.78, 5) is 10.9. The van der Waals surface area contributed by atoms with E-state index in [-0.39, 0.29) is 48.2 Å². The fraction of sp³-hybridized carbons (Fsp3) is 0.312. The van der Waals surface area contributed by atoms with Crippen LogP contribution in [0.15, 0.2) is 41.3 Å². The van der Waals surface area contributed by atoms with E-state index in [2.05, 4.69) is 0 Å². The summed E-state index contributed by atoms with van der Waals surface area (Å²) >= 11 is 1.65. The number of carboxylic acids is 1. The number of carbonyl (C=O) groups excluding carboxylic acids is 1. The van der Waals surface area contributed by atoms with Gasteiger partial charge in [0.15, 0.2) is 0 Å². The van der Waals surface area contributed by atoms with Crippen molar-refractivity contribution in [3.05, 3.63) is 46.9 Å². The Morgan fingerprint density at radius 2 is 2.13 bits per heavy atom. The van der Waals surface area contributed by atoms with Crippen LogP contribution in [-0.2, 0) is 16.1 Å². The number of benzene rings is 1. The Kier molecular flexibility index (Phi) is 6.39. The van der Waals surface area contributed by atoms with Crippen LogP contribution in [0.2, 0.25) is 0 Å². The second-order valence-electron chi connectivity index (χ2n) is 5.31. The van der Waals surface area contributed by atoms with E-state index in [9.17, 15) is 20.1 Å². The molecule has 1 aliphatic carbocycles. The van der Waals surface area contributed by atoms with Gasteiger partial charge in [0.1, 0.15) is 12.2 Å². The maximum Gasteiger partial charge on any atom is 1.00 e. The standard InChI is InChI=1S/C16H16O5S.Na/c17-12-6-11(16(19)20)7-13(15(12)18)21-8-9-1-2-14-10(5-9)3-4-22-14;/h1-6,12-13,15,17-18H,7-8H2,(H,19,20);/q;+1/p-1/t12-,13-,15-;/m1./s1. The van der Waals surface area contributed by atoms with Crippen molar-refractivity contribution in [3.63, 3.8) is 0 Å². The molecule has 0 bridgehead atoms. The van der Waals surface area contributed by atoms with Gasteiger partial charge in [-0.2, -0.15) is 0 Å². The molecule has 0 spiro atoms. The molecule has 0 unspecified atom stereocenters. The van der Waals surface area contributed by atoms with E-state index >= 15 is 0 Å². The van der Waals surface area contributed by atoms with Gasteiger partial charge < -0.3 is 24.9 Å². The van der Waals surface area contributed by atoms with E-state index < -0.39 is 24.3 Å². The summed E-state index contributed by atoms with van der Waals surface area (Å²) < 4.78 is 6.80. The van der Waals surface area contributed by atoms with Gasteiger partial charge in [0.25, 0.3) is 0 Å². The number of ether oxygens (including phenoxy) is 1. The van der Waals surface area contributed by atoms with E-state index in [0.29, 0.717) is 0 Å². The van der Waals surface area contributed by atoms with Crippen molar-refractivity contribution in [2.75, 3.05) is 0 Å². The number of hydrogen-bond acceptors (Lipinski definition) is 6. The number of carboxylic acid groups (broad SMARTS) is 1. The van der Waals surface area contributed by atoms with Crippen LogP contribution in [0.1, 0.15) is 12.0 Å². The molecule has 0 aliphatic heterocycles. The summed E-state index contributed by atoms with van der Waals surface area (Å²) in [5.41, 5.74) is 0.883. The summed E-state index contributed by atoms with van der Waals surface area (Å²) in [6.07, 6.45) is -2.05. The average Bonchev–Trinajstić information content (AvgIpc) is 2.95. The minimum Gasteiger partial charge on any atom is -0.545 e. The van der Waals surface area contributed by atoms with Gasteiger partial charge in [-0.15, -0.1) is 11.3 Å². The molecule has 23 heavy (non-hydrogen) atoms. The monoisotopic (exact) mass is 342 g/mol. The molecule has 0 amide bonds. The second kappa shape index (κ2) is 7.90. The van der Waals surface area contributed by atoms with Crippen molar-refractivity contribution in [1.82, 2.24) is 0 Å². The Morgan fingerprint density at radius 1 is 1.35 bits per heavy atom. The molecule has 7 heteroatoms. The normalized spacial score (nSPS) is 24.1. The molecule has 1 aliphatic rings. The number of carbonyl (C=O) groups is 1. The predicted molar refractivity (Wildman–Crippen MR) is 80.1 cm³/mol. The quantitative estimate of drug-likeness (QED) is 0.605. The van der Waals surface area contributed by atoms with Crippen LogP contribution in [0.4, 0.5) is 0 Å². The van der Waals surface area contributed by atoms with E-state index in [1.165, 1.54) is 4.70 Å². The van der Waals surface area contributed by atoms with Gasteiger partial charge in [-0.1, -0.05) is 6.07 Å². The summed E-state index contributed by atoms with van der Waals surface area (Å²) in [5, 5.41) is 33.6. The van der Waals surface area contributed by atoms with E-state index in [1.807, 2.05) is 29.6 Å². The van der Waals surface area contributed by atoms with Crippen molar-refractivity contribution in [3.8, 4) is 0 Å². The second-order valence-corrected chi connectivity index (χ2v) is 6.25. The third kappa shape index (κ3) is 4.22. The summed E-state index contributed by atoms with van der Waals surface area (Å²) in [6.45, 7) is 0.237. The minimum absolute atomic E-state index is 0. The maximum atomic E-state index is 10.9. The van der Waals surface area contributed by atoms with Crippen molar-refractivity contribution < 1.29 is 54.4 Å². The van der Waals surface area contributed by atoms with Crippen LogP contribution in [0.3, 0.4) is 0 Å². The minimum atomic E-state index is -1.35. The van der Waals surface area contributed by atoms with Gasteiger partial charge in [-0.25, -0.2) is 0 Å². The van der Waals surface area contributed by atoms with E-state index in [1.54, 1.807) is 11.3 Å². The zero-order chi connectivity index (χ0) is 15.7. The topological polar surface area (TPSA) is 89.8 Å². The maximum absolute atomic E-state index is 10.9. The Bertz CT molecular complexity index is 726. The first-order chi connectivity index (χ1) is 10.5.